The first kappa shape index (κ1) is 19.6. The number of hydrogen-bond acceptors (Lipinski definition) is 6. The van der Waals surface area contributed by atoms with Crippen LogP contribution in [0.25, 0.3) is 0 Å². The number of benzene rings is 1. The largest absolute Gasteiger partial charge is 0.482 e. The predicted molar refractivity (Wildman–Crippen MR) is 94.7 cm³/mol. The Hall–Kier alpha value is -2.69. The van der Waals surface area contributed by atoms with Crippen LogP contribution in [0.2, 0.25) is 10.0 Å². The quantitative estimate of drug-likeness (QED) is 0.741. The molecule has 0 spiro atoms. The van der Waals surface area contributed by atoms with Gasteiger partial charge in [-0.1, -0.05) is 23.2 Å². The van der Waals surface area contributed by atoms with Crippen LogP contribution in [0.3, 0.4) is 0 Å². The van der Waals surface area contributed by atoms with Crippen LogP contribution in [0.5, 0.6) is 5.75 Å². The molecule has 1 amide bonds. The van der Waals surface area contributed by atoms with Gasteiger partial charge >= 0.3 is 5.97 Å². The number of furan rings is 1. The summed E-state index contributed by atoms with van der Waals surface area (Å²) in [6.45, 7) is 2.89. The third kappa shape index (κ3) is 4.48. The molecule has 0 atom stereocenters. The Bertz CT molecular complexity index is 886. The number of esters is 1. The standard InChI is InChI=1S/C17H14Cl2N2O5/c1-3-24-17(23)15-9(2)26-16(11(15)7-20)21-14(22)8-25-13-5-4-10(18)6-12(13)19/h4-6H,3,8H2,1-2H3,(H,21,22). The zero-order valence-electron chi connectivity index (χ0n) is 13.9. The molecule has 0 aliphatic rings. The summed E-state index contributed by atoms with van der Waals surface area (Å²) < 4.78 is 15.5. The molecule has 0 saturated heterocycles. The number of halogens is 2. The van der Waals surface area contributed by atoms with Gasteiger partial charge in [-0.05, 0) is 32.0 Å². The highest BCUT2D eigenvalue weighted by atomic mass is 35.5. The van der Waals surface area contributed by atoms with Crippen LogP contribution in [0.1, 0.15) is 28.6 Å². The van der Waals surface area contributed by atoms with E-state index in [-0.39, 0.29) is 46.8 Å². The number of ether oxygens (including phenoxy) is 2. The fourth-order valence-electron chi connectivity index (χ4n) is 2.09. The van der Waals surface area contributed by atoms with E-state index in [0.717, 1.165) is 0 Å². The summed E-state index contributed by atoms with van der Waals surface area (Å²) in [5.74, 6) is -1.01. The number of carbonyl (C=O) groups is 2. The fourth-order valence-corrected chi connectivity index (χ4v) is 2.55. The second kappa shape index (κ2) is 8.61. The summed E-state index contributed by atoms with van der Waals surface area (Å²) in [4.78, 5) is 24.0. The van der Waals surface area contributed by atoms with Crippen molar-refractivity contribution in [2.45, 2.75) is 13.8 Å². The van der Waals surface area contributed by atoms with Gasteiger partial charge < -0.3 is 13.9 Å². The summed E-state index contributed by atoms with van der Waals surface area (Å²) in [5.41, 5.74) is -0.134. The van der Waals surface area contributed by atoms with Crippen LogP contribution >= 0.6 is 23.2 Å². The molecule has 2 aromatic rings. The van der Waals surface area contributed by atoms with Crippen molar-refractivity contribution in [3.05, 3.63) is 45.1 Å². The summed E-state index contributed by atoms with van der Waals surface area (Å²) in [5, 5.41) is 12.4. The molecule has 26 heavy (non-hydrogen) atoms. The first-order valence-corrected chi connectivity index (χ1v) is 8.21. The van der Waals surface area contributed by atoms with Gasteiger partial charge in [-0.2, -0.15) is 5.26 Å². The van der Waals surface area contributed by atoms with Gasteiger partial charge in [0.25, 0.3) is 5.91 Å². The lowest BCUT2D eigenvalue weighted by Gasteiger charge is -2.08. The molecular formula is C17H14Cl2N2O5. The molecular weight excluding hydrogens is 383 g/mol. The van der Waals surface area contributed by atoms with Crippen LogP contribution in [-0.2, 0) is 9.53 Å². The second-order valence-corrected chi connectivity index (χ2v) is 5.82. The van der Waals surface area contributed by atoms with Crippen molar-refractivity contribution in [3.8, 4) is 11.8 Å². The summed E-state index contributed by atoms with van der Waals surface area (Å²) in [6, 6.07) is 6.40. The van der Waals surface area contributed by atoms with Crippen molar-refractivity contribution in [1.82, 2.24) is 0 Å². The zero-order chi connectivity index (χ0) is 19.3. The highest BCUT2D eigenvalue weighted by Gasteiger charge is 2.25. The average molecular weight is 397 g/mol. The Morgan fingerprint density at radius 3 is 2.69 bits per heavy atom. The lowest BCUT2D eigenvalue weighted by molar-refractivity contribution is -0.118. The van der Waals surface area contributed by atoms with Crippen LogP contribution < -0.4 is 10.1 Å². The van der Waals surface area contributed by atoms with Gasteiger partial charge in [0.15, 0.2) is 6.61 Å². The molecule has 0 bridgehead atoms. The molecule has 0 fully saturated rings. The van der Waals surface area contributed by atoms with Crippen molar-refractivity contribution < 1.29 is 23.5 Å². The lowest BCUT2D eigenvalue weighted by atomic mass is 10.1. The van der Waals surface area contributed by atoms with Gasteiger partial charge in [0, 0.05) is 5.02 Å². The maximum atomic E-state index is 12.1. The third-order valence-corrected chi connectivity index (χ3v) is 3.71. The minimum Gasteiger partial charge on any atom is -0.482 e. The van der Waals surface area contributed by atoms with Gasteiger partial charge in [0.05, 0.1) is 11.6 Å². The summed E-state index contributed by atoms with van der Waals surface area (Å²) in [6.07, 6.45) is 0. The fraction of sp³-hybridized carbons (Fsp3) is 0.235. The topological polar surface area (TPSA) is 102 Å². The van der Waals surface area contributed by atoms with Crippen LogP contribution in [0.4, 0.5) is 5.88 Å². The van der Waals surface area contributed by atoms with Crippen molar-refractivity contribution in [3.63, 3.8) is 0 Å². The molecule has 2 rings (SSSR count). The van der Waals surface area contributed by atoms with Crippen molar-refractivity contribution in [1.29, 1.82) is 5.26 Å². The lowest BCUT2D eigenvalue weighted by Crippen LogP contribution is -2.20. The van der Waals surface area contributed by atoms with Gasteiger partial charge in [-0.15, -0.1) is 0 Å². The van der Waals surface area contributed by atoms with E-state index in [0.29, 0.717) is 5.02 Å². The van der Waals surface area contributed by atoms with E-state index in [1.807, 2.05) is 6.07 Å². The molecule has 1 N–H and O–H groups in total. The smallest absolute Gasteiger partial charge is 0.343 e. The Balaban J connectivity index is 2.10. The number of nitrogens with zero attached hydrogens (tertiary/aromatic N) is 1. The van der Waals surface area contributed by atoms with Crippen molar-refractivity contribution in [2.75, 3.05) is 18.5 Å². The van der Waals surface area contributed by atoms with Crippen LogP contribution in [0.15, 0.2) is 22.6 Å². The van der Waals surface area contributed by atoms with E-state index in [1.165, 1.54) is 19.1 Å². The maximum absolute atomic E-state index is 12.1. The molecule has 1 heterocycles. The number of hydrogen-bond donors (Lipinski definition) is 1. The Morgan fingerprint density at radius 2 is 2.08 bits per heavy atom. The van der Waals surface area contributed by atoms with E-state index in [1.54, 1.807) is 13.0 Å². The van der Waals surface area contributed by atoms with E-state index in [2.05, 4.69) is 5.32 Å². The average Bonchev–Trinajstić information content (AvgIpc) is 2.89. The van der Waals surface area contributed by atoms with Gasteiger partial charge in [-0.3, -0.25) is 10.1 Å². The SMILES string of the molecule is CCOC(=O)c1c(C)oc(NC(=O)COc2ccc(Cl)cc2Cl)c1C#N. The van der Waals surface area contributed by atoms with Crippen LogP contribution in [0, 0.1) is 18.3 Å². The maximum Gasteiger partial charge on any atom is 0.343 e. The van der Waals surface area contributed by atoms with E-state index < -0.39 is 11.9 Å². The molecule has 0 aliphatic carbocycles. The molecule has 1 aromatic heterocycles. The normalized spacial score (nSPS) is 10.1. The molecule has 1 aromatic carbocycles. The van der Waals surface area contributed by atoms with Gasteiger partial charge in [0.2, 0.25) is 5.88 Å². The number of amides is 1. The Labute approximate surface area is 159 Å². The minimum absolute atomic E-state index is 0.0219. The minimum atomic E-state index is -0.699. The number of nitriles is 1. The Kier molecular flexibility index (Phi) is 6.50. The van der Waals surface area contributed by atoms with Crippen molar-refractivity contribution in [2.24, 2.45) is 0 Å². The third-order valence-electron chi connectivity index (χ3n) is 3.18. The van der Waals surface area contributed by atoms with E-state index >= 15 is 0 Å². The molecule has 136 valence electrons. The molecule has 0 radical (unpaired) electrons. The van der Waals surface area contributed by atoms with E-state index in [9.17, 15) is 14.9 Å². The molecule has 0 aliphatic heterocycles. The first-order valence-electron chi connectivity index (χ1n) is 7.45. The van der Waals surface area contributed by atoms with Crippen molar-refractivity contribution >= 4 is 41.0 Å². The second-order valence-electron chi connectivity index (χ2n) is 4.98. The highest BCUT2D eigenvalue weighted by Crippen LogP contribution is 2.29. The number of rotatable bonds is 6. The highest BCUT2D eigenvalue weighted by molar-refractivity contribution is 6.35. The summed E-state index contributed by atoms with van der Waals surface area (Å²) >= 11 is 11.7. The predicted octanol–water partition coefficient (Wildman–Crippen LogP) is 3.96. The molecule has 9 heteroatoms. The number of anilines is 1. The Morgan fingerprint density at radius 1 is 1.35 bits per heavy atom. The molecule has 0 saturated carbocycles. The van der Waals surface area contributed by atoms with Gasteiger partial charge in [0.1, 0.15) is 28.7 Å². The molecule has 7 nitrogen and oxygen atoms in total. The van der Waals surface area contributed by atoms with E-state index in [4.69, 9.17) is 37.1 Å². The first-order chi connectivity index (χ1) is 12.4. The number of nitrogens with one attached hydrogen (secondary N) is 1. The monoisotopic (exact) mass is 396 g/mol. The zero-order valence-corrected chi connectivity index (χ0v) is 15.4. The van der Waals surface area contributed by atoms with Crippen LogP contribution in [-0.4, -0.2) is 25.1 Å². The number of carbonyl (C=O) groups excluding carboxylic acids is 2. The summed E-state index contributed by atoms with van der Waals surface area (Å²) in [7, 11) is 0. The number of aryl methyl sites for hydroxylation is 1. The van der Waals surface area contributed by atoms with Gasteiger partial charge in [-0.25, -0.2) is 4.79 Å². The molecule has 0 unspecified atom stereocenters.